The number of amides is 1. The van der Waals surface area contributed by atoms with Gasteiger partial charge in [0.2, 0.25) is 0 Å². The van der Waals surface area contributed by atoms with Gasteiger partial charge in [-0.2, -0.15) is 4.99 Å². The number of carbonyl (C=O) groups is 2. The SMILES string of the molecule is CCOC(=O)Cn1c(=NC(=O)c2cc([N+](=O)[O-])ccc2Cl)sc2cc(F)cc(F)c21. The van der Waals surface area contributed by atoms with Crippen LogP contribution in [0, 0.1) is 21.7 Å². The van der Waals surface area contributed by atoms with Gasteiger partial charge in [0, 0.05) is 18.2 Å². The number of thiazole rings is 1. The van der Waals surface area contributed by atoms with E-state index in [2.05, 4.69) is 4.99 Å². The molecule has 0 radical (unpaired) electrons. The fourth-order valence-electron chi connectivity index (χ4n) is 2.63. The normalized spacial score (nSPS) is 11.7. The molecule has 30 heavy (non-hydrogen) atoms. The molecule has 0 bridgehead atoms. The number of carbonyl (C=O) groups excluding carboxylic acids is 2. The average molecular weight is 456 g/mol. The molecule has 1 aromatic heterocycles. The van der Waals surface area contributed by atoms with Crippen LogP contribution in [0.5, 0.6) is 0 Å². The van der Waals surface area contributed by atoms with Gasteiger partial charge in [-0.3, -0.25) is 19.7 Å². The largest absolute Gasteiger partial charge is 0.465 e. The predicted molar refractivity (Wildman–Crippen MR) is 104 cm³/mol. The molecule has 0 aliphatic heterocycles. The maximum absolute atomic E-state index is 14.4. The van der Waals surface area contributed by atoms with Crippen LogP contribution in [-0.2, 0) is 16.1 Å². The van der Waals surface area contributed by atoms with Crippen molar-refractivity contribution in [1.29, 1.82) is 0 Å². The number of fused-ring (bicyclic) bond motifs is 1. The quantitative estimate of drug-likeness (QED) is 0.330. The lowest BCUT2D eigenvalue weighted by Gasteiger charge is -2.06. The molecule has 8 nitrogen and oxygen atoms in total. The van der Waals surface area contributed by atoms with Crippen LogP contribution in [0.3, 0.4) is 0 Å². The summed E-state index contributed by atoms with van der Waals surface area (Å²) < 4.78 is 34.0. The number of hydrogen-bond donors (Lipinski definition) is 0. The van der Waals surface area contributed by atoms with Crippen molar-refractivity contribution in [1.82, 2.24) is 4.57 Å². The first-order valence-electron chi connectivity index (χ1n) is 8.38. The number of esters is 1. The summed E-state index contributed by atoms with van der Waals surface area (Å²) in [5.74, 6) is -3.46. The van der Waals surface area contributed by atoms with Gasteiger partial charge in [-0.25, -0.2) is 8.78 Å². The highest BCUT2D eigenvalue weighted by Gasteiger charge is 2.19. The van der Waals surface area contributed by atoms with Gasteiger partial charge in [-0.15, -0.1) is 0 Å². The predicted octanol–water partition coefficient (Wildman–Crippen LogP) is 3.85. The maximum Gasteiger partial charge on any atom is 0.326 e. The number of benzene rings is 2. The molecule has 3 aromatic rings. The summed E-state index contributed by atoms with van der Waals surface area (Å²) in [5.41, 5.74) is -0.759. The van der Waals surface area contributed by atoms with Crippen molar-refractivity contribution in [2.24, 2.45) is 4.99 Å². The van der Waals surface area contributed by atoms with Crippen LogP contribution < -0.4 is 4.80 Å². The summed E-state index contributed by atoms with van der Waals surface area (Å²) in [7, 11) is 0. The molecule has 0 N–H and O–H groups in total. The molecule has 0 atom stereocenters. The molecule has 1 heterocycles. The van der Waals surface area contributed by atoms with E-state index in [0.717, 1.165) is 34.1 Å². The van der Waals surface area contributed by atoms with Gasteiger partial charge < -0.3 is 9.30 Å². The molecule has 0 spiro atoms. The summed E-state index contributed by atoms with van der Waals surface area (Å²) in [6.45, 7) is 1.18. The third-order valence-electron chi connectivity index (χ3n) is 3.88. The third kappa shape index (κ3) is 4.36. The van der Waals surface area contributed by atoms with Gasteiger partial charge in [0.15, 0.2) is 10.6 Å². The van der Waals surface area contributed by atoms with Gasteiger partial charge in [0.25, 0.3) is 11.6 Å². The second kappa shape index (κ2) is 8.67. The number of non-ortho nitro benzene ring substituents is 1. The molecule has 1 amide bonds. The second-order valence-corrected chi connectivity index (χ2v) is 7.26. The number of nitro benzene ring substituents is 1. The fraction of sp³-hybridized carbons (Fsp3) is 0.167. The van der Waals surface area contributed by atoms with Gasteiger partial charge in [-0.1, -0.05) is 22.9 Å². The number of rotatable bonds is 5. The van der Waals surface area contributed by atoms with Crippen LogP contribution in [0.25, 0.3) is 10.2 Å². The van der Waals surface area contributed by atoms with Crippen molar-refractivity contribution in [3.8, 4) is 0 Å². The van der Waals surface area contributed by atoms with E-state index in [1.54, 1.807) is 6.92 Å². The molecule has 3 rings (SSSR count). The van der Waals surface area contributed by atoms with Gasteiger partial charge >= 0.3 is 5.97 Å². The molecule has 0 fully saturated rings. The first-order chi connectivity index (χ1) is 14.2. The highest BCUT2D eigenvalue weighted by atomic mass is 35.5. The number of ether oxygens (including phenoxy) is 1. The smallest absolute Gasteiger partial charge is 0.326 e. The lowest BCUT2D eigenvalue weighted by molar-refractivity contribution is -0.384. The van der Waals surface area contributed by atoms with Crippen molar-refractivity contribution in [3.05, 3.63) is 67.5 Å². The monoisotopic (exact) mass is 455 g/mol. The van der Waals surface area contributed by atoms with Crippen LogP contribution in [0.15, 0.2) is 35.3 Å². The summed E-state index contributed by atoms with van der Waals surface area (Å²) in [4.78, 5) is 38.6. The maximum atomic E-state index is 14.4. The molecule has 0 aliphatic rings. The Bertz CT molecular complexity index is 1250. The van der Waals surface area contributed by atoms with Crippen molar-refractivity contribution in [2.75, 3.05) is 6.61 Å². The molecular weight excluding hydrogens is 444 g/mol. The number of hydrogen-bond acceptors (Lipinski definition) is 6. The Hall–Kier alpha value is -3.18. The average Bonchev–Trinajstić information content (AvgIpc) is 2.98. The van der Waals surface area contributed by atoms with E-state index >= 15 is 0 Å². The standard InChI is InChI=1S/C18H12ClF2N3O5S/c1-2-29-15(25)8-23-16-13(21)5-9(20)6-14(16)30-18(23)22-17(26)11-7-10(24(27)28)3-4-12(11)19/h3-7H,2,8H2,1H3. The van der Waals surface area contributed by atoms with Crippen molar-refractivity contribution >= 4 is 50.7 Å². The van der Waals surface area contributed by atoms with Crippen LogP contribution in [0.2, 0.25) is 5.02 Å². The first kappa shape index (κ1) is 21.5. The number of nitrogens with zero attached hydrogens (tertiary/aromatic N) is 3. The van der Waals surface area contributed by atoms with Crippen LogP contribution in [0.4, 0.5) is 14.5 Å². The molecule has 0 saturated carbocycles. The minimum atomic E-state index is -0.951. The van der Waals surface area contributed by atoms with Crippen molar-refractivity contribution in [2.45, 2.75) is 13.5 Å². The molecule has 12 heteroatoms. The van der Waals surface area contributed by atoms with E-state index < -0.39 is 35.0 Å². The van der Waals surface area contributed by atoms with Crippen molar-refractivity contribution < 1.29 is 28.0 Å². The number of aromatic nitrogens is 1. The van der Waals surface area contributed by atoms with E-state index in [1.165, 1.54) is 6.07 Å². The van der Waals surface area contributed by atoms with Crippen LogP contribution in [-0.4, -0.2) is 28.0 Å². The summed E-state index contributed by atoms with van der Waals surface area (Å²) in [6, 6.07) is 4.93. The van der Waals surface area contributed by atoms with Gasteiger partial charge in [0.1, 0.15) is 12.4 Å². The lowest BCUT2D eigenvalue weighted by atomic mass is 10.2. The summed E-state index contributed by atoms with van der Waals surface area (Å²) >= 11 is 6.72. The van der Waals surface area contributed by atoms with E-state index in [9.17, 15) is 28.5 Å². The van der Waals surface area contributed by atoms with Crippen molar-refractivity contribution in [3.63, 3.8) is 0 Å². The Labute approximate surface area is 176 Å². The third-order valence-corrected chi connectivity index (χ3v) is 5.23. The second-order valence-electron chi connectivity index (χ2n) is 5.85. The highest BCUT2D eigenvalue weighted by Crippen LogP contribution is 2.24. The lowest BCUT2D eigenvalue weighted by Crippen LogP contribution is -2.23. The summed E-state index contributed by atoms with van der Waals surface area (Å²) in [6.07, 6.45) is 0. The van der Waals surface area contributed by atoms with E-state index in [-0.39, 0.29) is 37.9 Å². The van der Waals surface area contributed by atoms with E-state index in [4.69, 9.17) is 16.3 Å². The number of halogens is 3. The molecule has 0 unspecified atom stereocenters. The summed E-state index contributed by atoms with van der Waals surface area (Å²) in [5, 5.41) is 10.9. The van der Waals surface area contributed by atoms with Crippen LogP contribution >= 0.6 is 22.9 Å². The van der Waals surface area contributed by atoms with E-state index in [1.807, 2.05) is 0 Å². The molecule has 156 valence electrons. The van der Waals surface area contributed by atoms with Gasteiger partial charge in [0.05, 0.1) is 32.3 Å². The topological polar surface area (TPSA) is 104 Å². The molecule has 0 saturated heterocycles. The van der Waals surface area contributed by atoms with E-state index in [0.29, 0.717) is 6.07 Å². The Balaban J connectivity index is 2.19. The Kier molecular flexibility index (Phi) is 6.22. The minimum absolute atomic E-state index is 0.0767. The zero-order valence-corrected chi connectivity index (χ0v) is 16.8. The Morgan fingerprint density at radius 3 is 2.70 bits per heavy atom. The molecule has 0 aliphatic carbocycles. The number of nitro groups is 1. The van der Waals surface area contributed by atoms with Gasteiger partial charge in [-0.05, 0) is 19.1 Å². The fourth-order valence-corrected chi connectivity index (χ4v) is 3.90. The zero-order valence-electron chi connectivity index (χ0n) is 15.2. The zero-order chi connectivity index (χ0) is 22.0. The molecule has 2 aromatic carbocycles. The Morgan fingerprint density at radius 1 is 1.30 bits per heavy atom. The molecular formula is C18H12ClF2N3O5S. The highest BCUT2D eigenvalue weighted by molar-refractivity contribution is 7.16. The Morgan fingerprint density at radius 2 is 2.03 bits per heavy atom. The first-order valence-corrected chi connectivity index (χ1v) is 9.57. The minimum Gasteiger partial charge on any atom is -0.465 e. The van der Waals surface area contributed by atoms with Crippen LogP contribution in [0.1, 0.15) is 17.3 Å².